The molecule has 0 aliphatic rings. The largest absolute Gasteiger partial charge is 0.573 e. The topological polar surface area (TPSA) is 63.6 Å². The summed E-state index contributed by atoms with van der Waals surface area (Å²) in [5, 5.41) is 8.92. The Hall–Kier alpha value is -1.70. The lowest BCUT2D eigenvalue weighted by atomic mass is 10.2. The second-order valence-electron chi connectivity index (χ2n) is 3.50. The molecule has 19 heavy (non-hydrogen) atoms. The number of carboxylic acid groups (broad SMARTS) is 1. The monoisotopic (exact) mass is 294 g/mol. The quantitative estimate of drug-likeness (QED) is 0.846. The van der Waals surface area contributed by atoms with Crippen molar-refractivity contribution in [3.8, 4) is 5.75 Å². The van der Waals surface area contributed by atoms with Gasteiger partial charge in [0.2, 0.25) is 0 Å². The van der Waals surface area contributed by atoms with Crippen molar-refractivity contribution < 1.29 is 32.6 Å². The summed E-state index contributed by atoms with van der Waals surface area (Å²) < 4.78 is 39.7. The van der Waals surface area contributed by atoms with Gasteiger partial charge in [-0.1, -0.05) is 0 Å². The minimum absolute atomic E-state index is 0.0414. The molecule has 104 valence electrons. The van der Waals surface area contributed by atoms with Gasteiger partial charge in [0.1, 0.15) is 11.5 Å². The standard InChI is InChI=1S/C11H9F3O4S/c1-6(15)5-19-9-3-2-7(18-11(12,13)14)4-8(9)10(16)17/h2-4H,5H2,1H3,(H,16,17). The fourth-order valence-electron chi connectivity index (χ4n) is 1.18. The molecular formula is C11H9F3O4S. The van der Waals surface area contributed by atoms with Crippen LogP contribution in [0.4, 0.5) is 13.2 Å². The molecule has 1 aromatic rings. The Morgan fingerprint density at radius 2 is 2.00 bits per heavy atom. The van der Waals surface area contributed by atoms with Crippen LogP contribution in [0.15, 0.2) is 23.1 Å². The second kappa shape index (κ2) is 5.96. The average Bonchev–Trinajstić information content (AvgIpc) is 2.24. The van der Waals surface area contributed by atoms with Crippen LogP contribution in [0.1, 0.15) is 17.3 Å². The van der Waals surface area contributed by atoms with Crippen molar-refractivity contribution >= 4 is 23.5 Å². The fraction of sp³-hybridized carbons (Fsp3) is 0.273. The summed E-state index contributed by atoms with van der Waals surface area (Å²) in [5.74, 6) is -2.13. The number of carboxylic acids is 1. The third-order valence-corrected chi connectivity index (χ3v) is 3.06. The van der Waals surface area contributed by atoms with Crippen molar-refractivity contribution in [3.05, 3.63) is 23.8 Å². The Bertz CT molecular complexity index is 499. The molecule has 0 unspecified atom stereocenters. The first kappa shape index (κ1) is 15.4. The van der Waals surface area contributed by atoms with E-state index in [4.69, 9.17) is 5.11 Å². The van der Waals surface area contributed by atoms with E-state index in [1.807, 2.05) is 0 Å². The van der Waals surface area contributed by atoms with Gasteiger partial charge in [0.05, 0.1) is 11.3 Å². The number of Topliss-reactive ketones (excluding diaryl/α,β-unsaturated/α-hetero) is 1. The minimum Gasteiger partial charge on any atom is -0.478 e. The first-order chi connectivity index (χ1) is 8.69. The Morgan fingerprint density at radius 1 is 1.37 bits per heavy atom. The number of carbonyl (C=O) groups is 2. The van der Waals surface area contributed by atoms with E-state index in [9.17, 15) is 22.8 Å². The molecule has 0 saturated heterocycles. The van der Waals surface area contributed by atoms with Crippen LogP contribution in [0, 0.1) is 0 Å². The molecule has 0 radical (unpaired) electrons. The summed E-state index contributed by atoms with van der Waals surface area (Å²) in [6.45, 7) is 1.33. The molecule has 4 nitrogen and oxygen atoms in total. The fourth-order valence-corrected chi connectivity index (χ4v) is 2.00. The molecule has 0 aliphatic heterocycles. The van der Waals surface area contributed by atoms with Crippen molar-refractivity contribution in [3.63, 3.8) is 0 Å². The number of carbonyl (C=O) groups excluding carboxylic acids is 1. The number of hydrogen-bond acceptors (Lipinski definition) is 4. The van der Waals surface area contributed by atoms with E-state index in [1.165, 1.54) is 13.0 Å². The molecule has 0 heterocycles. The van der Waals surface area contributed by atoms with Crippen LogP contribution in [0.2, 0.25) is 0 Å². The van der Waals surface area contributed by atoms with Gasteiger partial charge in [-0.2, -0.15) is 0 Å². The first-order valence-corrected chi connectivity index (χ1v) is 5.93. The van der Waals surface area contributed by atoms with Crippen LogP contribution >= 0.6 is 11.8 Å². The third-order valence-electron chi connectivity index (χ3n) is 1.85. The summed E-state index contributed by atoms with van der Waals surface area (Å²) in [6, 6.07) is 2.96. The van der Waals surface area contributed by atoms with Crippen LogP contribution in [0.25, 0.3) is 0 Å². The van der Waals surface area contributed by atoms with E-state index >= 15 is 0 Å². The molecule has 0 saturated carbocycles. The molecule has 8 heteroatoms. The zero-order chi connectivity index (χ0) is 14.6. The number of hydrogen-bond donors (Lipinski definition) is 1. The summed E-state index contributed by atoms with van der Waals surface area (Å²) in [4.78, 5) is 22.0. The van der Waals surface area contributed by atoms with Gasteiger partial charge in [-0.05, 0) is 25.1 Å². The highest BCUT2D eigenvalue weighted by Gasteiger charge is 2.31. The lowest BCUT2D eigenvalue weighted by Gasteiger charge is -2.11. The number of aromatic carboxylic acids is 1. The number of benzene rings is 1. The molecule has 1 rings (SSSR count). The number of ketones is 1. The maximum Gasteiger partial charge on any atom is 0.573 e. The summed E-state index contributed by atoms with van der Waals surface area (Å²) in [7, 11) is 0. The van der Waals surface area contributed by atoms with E-state index < -0.39 is 18.1 Å². The van der Waals surface area contributed by atoms with Gasteiger partial charge in [-0.15, -0.1) is 24.9 Å². The molecule has 1 aromatic carbocycles. The highest BCUT2D eigenvalue weighted by Crippen LogP contribution is 2.29. The number of rotatable bonds is 5. The second-order valence-corrected chi connectivity index (χ2v) is 4.52. The van der Waals surface area contributed by atoms with Gasteiger partial charge in [-0.3, -0.25) is 4.79 Å². The van der Waals surface area contributed by atoms with Crippen LogP contribution < -0.4 is 4.74 Å². The lowest BCUT2D eigenvalue weighted by molar-refractivity contribution is -0.274. The average molecular weight is 294 g/mol. The van der Waals surface area contributed by atoms with E-state index in [-0.39, 0.29) is 22.0 Å². The van der Waals surface area contributed by atoms with Crippen molar-refractivity contribution in [1.82, 2.24) is 0 Å². The summed E-state index contributed by atoms with van der Waals surface area (Å²) >= 11 is 0.943. The minimum atomic E-state index is -4.89. The number of ether oxygens (including phenoxy) is 1. The van der Waals surface area contributed by atoms with Crippen LogP contribution in [0.5, 0.6) is 5.75 Å². The first-order valence-electron chi connectivity index (χ1n) is 4.94. The van der Waals surface area contributed by atoms with Crippen LogP contribution in [-0.2, 0) is 4.79 Å². The van der Waals surface area contributed by atoms with Gasteiger partial charge in [0, 0.05) is 4.90 Å². The van der Waals surface area contributed by atoms with Gasteiger partial charge in [0.15, 0.2) is 0 Å². The van der Waals surface area contributed by atoms with E-state index in [0.29, 0.717) is 0 Å². The molecule has 0 fully saturated rings. The molecule has 0 amide bonds. The maximum absolute atomic E-state index is 12.0. The lowest BCUT2D eigenvalue weighted by Crippen LogP contribution is -2.17. The van der Waals surface area contributed by atoms with E-state index in [1.54, 1.807) is 0 Å². The molecule has 0 atom stereocenters. The van der Waals surface area contributed by atoms with Crippen molar-refractivity contribution in [1.29, 1.82) is 0 Å². The smallest absolute Gasteiger partial charge is 0.478 e. The Balaban J connectivity index is 3.01. The van der Waals surface area contributed by atoms with Crippen molar-refractivity contribution in [2.24, 2.45) is 0 Å². The molecule has 0 aromatic heterocycles. The number of alkyl halides is 3. The summed E-state index contributed by atoms with van der Waals surface area (Å²) in [6.07, 6.45) is -4.89. The molecule has 0 spiro atoms. The van der Waals surface area contributed by atoms with Gasteiger partial charge >= 0.3 is 12.3 Å². The van der Waals surface area contributed by atoms with Gasteiger partial charge < -0.3 is 9.84 Å². The molecule has 0 aliphatic carbocycles. The SMILES string of the molecule is CC(=O)CSc1ccc(OC(F)(F)F)cc1C(=O)O. The number of halogens is 3. The molecule has 0 bridgehead atoms. The number of thioether (sulfide) groups is 1. The van der Waals surface area contributed by atoms with E-state index in [2.05, 4.69) is 4.74 Å². The zero-order valence-corrected chi connectivity index (χ0v) is 10.5. The Morgan fingerprint density at radius 3 is 2.47 bits per heavy atom. The molecular weight excluding hydrogens is 285 g/mol. The predicted octanol–water partition coefficient (Wildman–Crippen LogP) is 2.96. The Kier molecular flexibility index (Phi) is 4.82. The highest BCUT2D eigenvalue weighted by molar-refractivity contribution is 8.00. The summed E-state index contributed by atoms with van der Waals surface area (Å²) in [5.41, 5.74) is -0.340. The van der Waals surface area contributed by atoms with Crippen molar-refractivity contribution in [2.75, 3.05) is 5.75 Å². The maximum atomic E-state index is 12.0. The van der Waals surface area contributed by atoms with Gasteiger partial charge in [0.25, 0.3) is 0 Å². The van der Waals surface area contributed by atoms with E-state index in [0.717, 1.165) is 23.9 Å². The third kappa shape index (κ3) is 5.21. The Labute approximate surface area is 110 Å². The predicted molar refractivity (Wildman–Crippen MR) is 61.5 cm³/mol. The normalized spacial score (nSPS) is 11.2. The molecule has 1 N–H and O–H groups in total. The zero-order valence-electron chi connectivity index (χ0n) is 9.65. The van der Waals surface area contributed by atoms with Crippen LogP contribution in [-0.4, -0.2) is 29.0 Å². The highest BCUT2D eigenvalue weighted by atomic mass is 32.2. The van der Waals surface area contributed by atoms with Gasteiger partial charge in [-0.25, -0.2) is 4.79 Å². The van der Waals surface area contributed by atoms with Crippen molar-refractivity contribution in [2.45, 2.75) is 18.2 Å². The van der Waals surface area contributed by atoms with Crippen LogP contribution in [0.3, 0.4) is 0 Å².